The second-order valence-electron chi connectivity index (χ2n) is 11.5. The lowest BCUT2D eigenvalue weighted by atomic mass is 9.82. The molecule has 1 aliphatic carbocycles. The van der Waals surface area contributed by atoms with Gasteiger partial charge in [-0.2, -0.15) is 0 Å². The average molecular weight is 468 g/mol. The van der Waals surface area contributed by atoms with E-state index in [1.54, 1.807) is 0 Å². The fraction of sp³-hybridized carbons (Fsp3) is 0.200. The molecule has 0 spiro atoms. The average Bonchev–Trinajstić information content (AvgIpc) is 3.11. The summed E-state index contributed by atoms with van der Waals surface area (Å²) in [5.41, 5.74) is 10.4. The lowest BCUT2D eigenvalue weighted by Gasteiger charge is -2.40. The number of nitrogens with zero attached hydrogens (tertiary/aromatic N) is 1. The second-order valence-corrected chi connectivity index (χ2v) is 11.5. The summed E-state index contributed by atoms with van der Waals surface area (Å²) in [4.78, 5) is 2.56. The Morgan fingerprint density at radius 3 is 2.03 bits per heavy atom. The van der Waals surface area contributed by atoms with E-state index in [9.17, 15) is 0 Å². The van der Waals surface area contributed by atoms with Crippen LogP contribution < -0.4 is 4.90 Å². The molecule has 0 heterocycles. The Morgan fingerprint density at radius 1 is 0.583 bits per heavy atom. The standard InChI is InChI=1S/C35H33N/c1-34(2,3)36(32-20-12-18-30-33(32)27-16-9-10-17-29(27)35(30,4)5)31-19-11-15-25-21-22-26(23-28(25)31)24-13-7-6-8-14-24/h6-23H,1-5H3. The van der Waals surface area contributed by atoms with E-state index >= 15 is 0 Å². The number of benzene rings is 5. The number of anilines is 2. The van der Waals surface area contributed by atoms with Crippen LogP contribution in [0.1, 0.15) is 45.7 Å². The van der Waals surface area contributed by atoms with Crippen LogP contribution in [0.2, 0.25) is 0 Å². The van der Waals surface area contributed by atoms with E-state index < -0.39 is 0 Å². The molecule has 0 N–H and O–H groups in total. The van der Waals surface area contributed by atoms with Crippen LogP contribution >= 0.6 is 0 Å². The Balaban J connectivity index is 1.63. The maximum atomic E-state index is 2.56. The molecular formula is C35H33N. The fourth-order valence-corrected chi connectivity index (χ4v) is 6.04. The zero-order valence-electron chi connectivity index (χ0n) is 21.8. The predicted octanol–water partition coefficient (Wildman–Crippen LogP) is 9.75. The summed E-state index contributed by atoms with van der Waals surface area (Å²) < 4.78 is 0. The summed E-state index contributed by atoms with van der Waals surface area (Å²) in [6.45, 7) is 11.7. The molecule has 0 saturated carbocycles. The first-order valence-corrected chi connectivity index (χ1v) is 12.9. The van der Waals surface area contributed by atoms with E-state index in [4.69, 9.17) is 0 Å². The van der Waals surface area contributed by atoms with Crippen LogP contribution in [0.3, 0.4) is 0 Å². The first kappa shape index (κ1) is 22.6. The normalized spacial score (nSPS) is 13.9. The molecular weight excluding hydrogens is 434 g/mol. The summed E-state index contributed by atoms with van der Waals surface area (Å²) in [5.74, 6) is 0. The van der Waals surface area contributed by atoms with Gasteiger partial charge in [0.05, 0.1) is 0 Å². The van der Waals surface area contributed by atoms with Crippen molar-refractivity contribution in [3.8, 4) is 22.3 Å². The van der Waals surface area contributed by atoms with Crippen LogP contribution in [0.25, 0.3) is 33.0 Å². The van der Waals surface area contributed by atoms with Gasteiger partial charge >= 0.3 is 0 Å². The van der Waals surface area contributed by atoms with Gasteiger partial charge in [-0.3, -0.25) is 0 Å². The van der Waals surface area contributed by atoms with Crippen LogP contribution in [0.15, 0.2) is 109 Å². The Morgan fingerprint density at radius 2 is 1.25 bits per heavy atom. The smallest absolute Gasteiger partial charge is 0.0498 e. The third-order valence-electron chi connectivity index (χ3n) is 7.70. The minimum Gasteiger partial charge on any atom is -0.335 e. The SMILES string of the molecule is CC1(C)c2ccccc2-c2c(N(c3cccc4ccc(-c5ccccc5)cc34)C(C)(C)C)cccc21. The van der Waals surface area contributed by atoms with E-state index in [2.05, 4.69) is 149 Å². The van der Waals surface area contributed by atoms with Gasteiger partial charge in [-0.15, -0.1) is 0 Å². The van der Waals surface area contributed by atoms with Gasteiger partial charge in [0.25, 0.3) is 0 Å². The Bertz CT molecular complexity index is 1580. The van der Waals surface area contributed by atoms with Gasteiger partial charge in [0, 0.05) is 33.3 Å². The van der Waals surface area contributed by atoms with Crippen molar-refractivity contribution in [2.45, 2.75) is 45.6 Å². The zero-order chi connectivity index (χ0) is 25.1. The van der Waals surface area contributed by atoms with Crippen molar-refractivity contribution in [3.05, 3.63) is 120 Å². The van der Waals surface area contributed by atoms with Crippen LogP contribution in [-0.4, -0.2) is 5.54 Å². The van der Waals surface area contributed by atoms with Crippen molar-refractivity contribution in [2.24, 2.45) is 0 Å². The molecule has 1 nitrogen and oxygen atoms in total. The van der Waals surface area contributed by atoms with Gasteiger partial charge in [-0.25, -0.2) is 0 Å². The number of fused-ring (bicyclic) bond motifs is 4. The fourth-order valence-electron chi connectivity index (χ4n) is 6.04. The van der Waals surface area contributed by atoms with Crippen LogP contribution in [0, 0.1) is 0 Å². The highest BCUT2D eigenvalue weighted by atomic mass is 15.2. The van der Waals surface area contributed by atoms with Crippen LogP contribution in [0.4, 0.5) is 11.4 Å². The van der Waals surface area contributed by atoms with E-state index in [0.717, 1.165) is 0 Å². The maximum absolute atomic E-state index is 2.56. The van der Waals surface area contributed by atoms with Crippen molar-refractivity contribution in [3.63, 3.8) is 0 Å². The highest BCUT2D eigenvalue weighted by Crippen LogP contribution is 2.54. The van der Waals surface area contributed by atoms with Crippen molar-refractivity contribution < 1.29 is 0 Å². The molecule has 0 unspecified atom stereocenters. The van der Waals surface area contributed by atoms with Gasteiger partial charge in [0.1, 0.15) is 0 Å². The van der Waals surface area contributed by atoms with Crippen molar-refractivity contribution >= 4 is 22.1 Å². The molecule has 0 fully saturated rings. The molecule has 0 bridgehead atoms. The molecule has 5 aromatic rings. The lowest BCUT2D eigenvalue weighted by Crippen LogP contribution is -2.38. The highest BCUT2D eigenvalue weighted by molar-refractivity contribution is 6.01. The minimum absolute atomic E-state index is 0.0231. The quantitative estimate of drug-likeness (QED) is 0.255. The van der Waals surface area contributed by atoms with Gasteiger partial charge < -0.3 is 4.90 Å². The molecule has 0 radical (unpaired) electrons. The van der Waals surface area contributed by atoms with Crippen molar-refractivity contribution in [2.75, 3.05) is 4.90 Å². The van der Waals surface area contributed by atoms with Crippen molar-refractivity contribution in [1.29, 1.82) is 0 Å². The van der Waals surface area contributed by atoms with Crippen molar-refractivity contribution in [1.82, 2.24) is 0 Å². The summed E-state index contributed by atoms with van der Waals surface area (Å²) in [5, 5.41) is 2.53. The second kappa shape index (κ2) is 8.10. The lowest BCUT2D eigenvalue weighted by molar-refractivity contribution is 0.561. The first-order valence-electron chi connectivity index (χ1n) is 12.9. The summed E-state index contributed by atoms with van der Waals surface area (Å²) in [6, 6.07) is 40.0. The molecule has 178 valence electrons. The number of hydrogen-bond donors (Lipinski definition) is 0. The molecule has 5 aromatic carbocycles. The van der Waals surface area contributed by atoms with Gasteiger partial charge in [0.2, 0.25) is 0 Å². The van der Waals surface area contributed by atoms with E-state index in [1.165, 1.54) is 55.5 Å². The third kappa shape index (κ3) is 3.45. The van der Waals surface area contributed by atoms with Gasteiger partial charge in [0.15, 0.2) is 0 Å². The molecule has 1 heteroatoms. The largest absolute Gasteiger partial charge is 0.335 e. The first-order chi connectivity index (χ1) is 17.3. The summed E-state index contributed by atoms with van der Waals surface area (Å²) in [6.07, 6.45) is 0. The molecule has 0 atom stereocenters. The van der Waals surface area contributed by atoms with Crippen LogP contribution in [0.5, 0.6) is 0 Å². The minimum atomic E-state index is -0.131. The molecule has 0 aliphatic heterocycles. The molecule has 0 amide bonds. The van der Waals surface area contributed by atoms with Crippen LogP contribution in [-0.2, 0) is 5.41 Å². The molecule has 0 saturated heterocycles. The molecule has 6 rings (SSSR count). The molecule has 36 heavy (non-hydrogen) atoms. The molecule has 1 aliphatic rings. The Labute approximate surface area is 215 Å². The third-order valence-corrected chi connectivity index (χ3v) is 7.70. The predicted molar refractivity (Wildman–Crippen MR) is 155 cm³/mol. The van der Waals surface area contributed by atoms with E-state index in [1.807, 2.05) is 0 Å². The monoisotopic (exact) mass is 467 g/mol. The topological polar surface area (TPSA) is 3.24 Å². The zero-order valence-corrected chi connectivity index (χ0v) is 21.8. The maximum Gasteiger partial charge on any atom is 0.0498 e. The van der Waals surface area contributed by atoms with Gasteiger partial charge in [-0.1, -0.05) is 105 Å². The summed E-state index contributed by atoms with van der Waals surface area (Å²) >= 11 is 0. The Hall–Kier alpha value is -3.84. The summed E-state index contributed by atoms with van der Waals surface area (Å²) in [7, 11) is 0. The Kier molecular flexibility index (Phi) is 5.09. The van der Waals surface area contributed by atoms with E-state index in [0.29, 0.717) is 0 Å². The van der Waals surface area contributed by atoms with Gasteiger partial charge in [-0.05, 0) is 72.2 Å². The highest BCUT2D eigenvalue weighted by Gasteiger charge is 2.39. The molecule has 0 aromatic heterocycles. The van der Waals surface area contributed by atoms with E-state index in [-0.39, 0.29) is 11.0 Å². The number of rotatable bonds is 3. The number of hydrogen-bond acceptors (Lipinski definition) is 1.